The van der Waals surface area contributed by atoms with Crippen LogP contribution >= 0.6 is 43.5 Å². The predicted octanol–water partition coefficient (Wildman–Crippen LogP) is 4.32. The quantitative estimate of drug-likeness (QED) is 0.179. The van der Waals surface area contributed by atoms with Gasteiger partial charge in [-0.3, -0.25) is 4.79 Å². The molecule has 0 atom stereocenters. The Kier molecular flexibility index (Phi) is 9.93. The molecule has 6 nitrogen and oxygen atoms in total. The Morgan fingerprint density at radius 3 is 2.41 bits per heavy atom. The minimum Gasteiger partial charge on any atom is -0.491 e. The van der Waals surface area contributed by atoms with Gasteiger partial charge >= 0.3 is 0 Å². The first kappa shape index (κ1) is 23.7. The molecule has 0 unspecified atom stereocenters. The molecule has 0 aliphatic rings. The van der Waals surface area contributed by atoms with Crippen molar-refractivity contribution in [3.05, 3.63) is 61.5 Å². The Morgan fingerprint density at radius 2 is 1.83 bits per heavy atom. The van der Waals surface area contributed by atoms with Crippen LogP contribution < -0.4 is 15.8 Å². The fourth-order valence-electron chi connectivity index (χ4n) is 2.54. The van der Waals surface area contributed by atoms with E-state index in [-0.39, 0.29) is 12.1 Å². The summed E-state index contributed by atoms with van der Waals surface area (Å²) in [6.07, 6.45) is 1.56. The lowest BCUT2D eigenvalue weighted by atomic mass is 10.1. The average Bonchev–Trinajstić information content (AvgIpc) is 2.69. The molecule has 0 aromatic heterocycles. The number of oxime groups is 1. The van der Waals surface area contributed by atoms with E-state index >= 15 is 0 Å². The number of rotatable bonds is 10. The van der Waals surface area contributed by atoms with Crippen LogP contribution in [0.4, 0.5) is 0 Å². The van der Waals surface area contributed by atoms with E-state index in [0.29, 0.717) is 36.9 Å². The van der Waals surface area contributed by atoms with Gasteiger partial charge in [0.05, 0.1) is 15.6 Å². The van der Waals surface area contributed by atoms with E-state index in [9.17, 15) is 10.0 Å². The summed E-state index contributed by atoms with van der Waals surface area (Å²) < 4.78 is 7.17. The molecule has 0 bridgehead atoms. The van der Waals surface area contributed by atoms with Crippen LogP contribution in [-0.4, -0.2) is 36.5 Å². The molecule has 156 valence electrons. The lowest BCUT2D eigenvalue weighted by Gasteiger charge is -2.12. The molecule has 0 radical (unpaired) electrons. The Balaban J connectivity index is 1.94. The van der Waals surface area contributed by atoms with Crippen LogP contribution in [0.15, 0.2) is 50.5 Å². The minimum absolute atomic E-state index is 0.0247. The van der Waals surface area contributed by atoms with Crippen molar-refractivity contribution >= 4 is 55.1 Å². The van der Waals surface area contributed by atoms with Gasteiger partial charge in [-0.05, 0) is 86.6 Å². The smallest absolute Gasteiger partial charge is 0.269 e. The second kappa shape index (κ2) is 12.2. The lowest BCUT2D eigenvalue weighted by molar-refractivity contribution is -0.115. The molecule has 0 saturated carbocycles. The number of ether oxygens (including phenoxy) is 1. The fraction of sp³-hybridized carbons (Fsp3) is 0.300. The molecule has 0 fully saturated rings. The highest BCUT2D eigenvalue weighted by molar-refractivity contribution is 9.11. The van der Waals surface area contributed by atoms with Gasteiger partial charge in [0.15, 0.2) is 0 Å². The molecule has 9 heteroatoms. The third-order valence-electron chi connectivity index (χ3n) is 4.02. The summed E-state index contributed by atoms with van der Waals surface area (Å²) in [4.78, 5) is 12.4. The molecule has 0 spiro atoms. The van der Waals surface area contributed by atoms with Crippen molar-refractivity contribution in [3.63, 3.8) is 0 Å². The fourth-order valence-corrected chi connectivity index (χ4v) is 4.17. The summed E-state index contributed by atoms with van der Waals surface area (Å²) in [6, 6.07) is 11.1. The molecule has 0 heterocycles. The summed E-state index contributed by atoms with van der Waals surface area (Å²) in [5.41, 5.74) is 7.35. The number of benzene rings is 2. The third-order valence-corrected chi connectivity index (χ3v) is 5.45. The second-order valence-corrected chi connectivity index (χ2v) is 8.38. The molecular weight excluding hydrogens is 525 g/mol. The van der Waals surface area contributed by atoms with E-state index in [0.717, 1.165) is 26.5 Å². The van der Waals surface area contributed by atoms with Crippen LogP contribution in [-0.2, 0) is 17.6 Å². The van der Waals surface area contributed by atoms with Crippen molar-refractivity contribution in [1.82, 2.24) is 5.32 Å². The summed E-state index contributed by atoms with van der Waals surface area (Å²) in [5, 5.41) is 15.9. The number of carbonyl (C=O) groups excluding carboxylic acids is 1. The topological polar surface area (TPSA) is 96.9 Å². The van der Waals surface area contributed by atoms with E-state index in [1.807, 2.05) is 24.3 Å². The zero-order valence-electron chi connectivity index (χ0n) is 15.6. The Bertz CT molecular complexity index is 838. The van der Waals surface area contributed by atoms with Crippen LogP contribution in [0.1, 0.15) is 17.5 Å². The summed E-state index contributed by atoms with van der Waals surface area (Å²) in [7, 11) is 0. The van der Waals surface area contributed by atoms with Crippen molar-refractivity contribution in [3.8, 4) is 5.75 Å². The van der Waals surface area contributed by atoms with Crippen molar-refractivity contribution in [2.24, 2.45) is 10.9 Å². The first-order valence-corrected chi connectivity index (χ1v) is 10.9. The SMILES string of the molecule is NCCCOc1c(Br)cc(C/C(=N\O)C(=O)NCCc2ccc(Cl)cc2)cc1Br. The highest BCUT2D eigenvalue weighted by Crippen LogP contribution is 2.35. The maximum atomic E-state index is 12.4. The van der Waals surface area contributed by atoms with Crippen LogP contribution in [0.2, 0.25) is 5.02 Å². The zero-order chi connectivity index (χ0) is 21.2. The molecule has 0 aliphatic carbocycles. The Morgan fingerprint density at radius 1 is 1.17 bits per heavy atom. The van der Waals surface area contributed by atoms with Crippen molar-refractivity contribution in [2.45, 2.75) is 19.3 Å². The number of nitrogens with one attached hydrogen (secondary N) is 1. The molecule has 2 aromatic rings. The van der Waals surface area contributed by atoms with Gasteiger partial charge in [-0.2, -0.15) is 0 Å². The van der Waals surface area contributed by atoms with E-state index < -0.39 is 5.91 Å². The predicted molar refractivity (Wildman–Crippen MR) is 122 cm³/mol. The van der Waals surface area contributed by atoms with Gasteiger partial charge < -0.3 is 21.0 Å². The first-order valence-electron chi connectivity index (χ1n) is 8.99. The van der Waals surface area contributed by atoms with E-state index in [1.54, 1.807) is 12.1 Å². The number of hydrogen-bond acceptors (Lipinski definition) is 5. The number of halogens is 3. The van der Waals surface area contributed by atoms with Gasteiger partial charge in [-0.15, -0.1) is 0 Å². The molecule has 2 aromatic carbocycles. The largest absolute Gasteiger partial charge is 0.491 e. The second-order valence-electron chi connectivity index (χ2n) is 6.24. The monoisotopic (exact) mass is 545 g/mol. The number of nitrogens with zero attached hydrogens (tertiary/aromatic N) is 1. The van der Waals surface area contributed by atoms with E-state index in [2.05, 4.69) is 42.3 Å². The highest BCUT2D eigenvalue weighted by Gasteiger charge is 2.16. The third kappa shape index (κ3) is 7.62. The van der Waals surface area contributed by atoms with Gasteiger partial charge in [0.25, 0.3) is 5.91 Å². The molecular formula is C20H22Br2ClN3O3. The van der Waals surface area contributed by atoms with Crippen LogP contribution in [0.5, 0.6) is 5.75 Å². The summed E-state index contributed by atoms with van der Waals surface area (Å²) >= 11 is 12.8. The first-order chi connectivity index (χ1) is 13.9. The number of carbonyl (C=O) groups is 1. The number of amides is 1. The van der Waals surface area contributed by atoms with Crippen molar-refractivity contribution in [2.75, 3.05) is 19.7 Å². The van der Waals surface area contributed by atoms with Crippen LogP contribution in [0.3, 0.4) is 0 Å². The number of hydrogen-bond donors (Lipinski definition) is 3. The Hall–Kier alpha value is -1.61. The standard InChI is InChI=1S/C20H22Br2ClN3O3/c21-16-10-14(11-17(22)19(16)29-9-1-7-24)12-18(26-28)20(27)25-8-6-13-2-4-15(23)5-3-13/h2-5,10-11,28H,1,6-9,12,24H2,(H,25,27)/b26-18+. The van der Waals surface area contributed by atoms with Crippen LogP contribution in [0.25, 0.3) is 0 Å². The Labute approximate surface area is 191 Å². The molecule has 0 aliphatic heterocycles. The van der Waals surface area contributed by atoms with E-state index in [4.69, 9.17) is 22.1 Å². The molecule has 0 saturated heterocycles. The van der Waals surface area contributed by atoms with Gasteiger partial charge in [0.2, 0.25) is 0 Å². The van der Waals surface area contributed by atoms with Gasteiger partial charge in [0.1, 0.15) is 11.5 Å². The van der Waals surface area contributed by atoms with Gasteiger partial charge in [-0.1, -0.05) is 28.9 Å². The highest BCUT2D eigenvalue weighted by atomic mass is 79.9. The summed E-state index contributed by atoms with van der Waals surface area (Å²) in [6.45, 7) is 1.48. The van der Waals surface area contributed by atoms with E-state index in [1.165, 1.54) is 0 Å². The lowest BCUT2D eigenvalue weighted by Crippen LogP contribution is -2.33. The normalized spacial score (nSPS) is 11.4. The molecule has 2 rings (SSSR count). The maximum absolute atomic E-state index is 12.4. The molecule has 1 amide bonds. The minimum atomic E-state index is -0.419. The molecule has 29 heavy (non-hydrogen) atoms. The maximum Gasteiger partial charge on any atom is 0.269 e. The van der Waals surface area contributed by atoms with Crippen molar-refractivity contribution in [1.29, 1.82) is 0 Å². The van der Waals surface area contributed by atoms with Gasteiger partial charge in [0, 0.05) is 18.0 Å². The average molecular weight is 548 g/mol. The summed E-state index contributed by atoms with van der Waals surface area (Å²) in [5.74, 6) is 0.245. The number of nitrogens with two attached hydrogens (primary N) is 1. The van der Waals surface area contributed by atoms with Gasteiger partial charge in [-0.25, -0.2) is 0 Å². The van der Waals surface area contributed by atoms with Crippen LogP contribution in [0, 0.1) is 0 Å². The zero-order valence-corrected chi connectivity index (χ0v) is 19.6. The van der Waals surface area contributed by atoms with Crippen molar-refractivity contribution < 1.29 is 14.7 Å². The molecule has 4 N–H and O–H groups in total.